The number of carbonyl (C=O) groups excluding carboxylic acids is 1. The third kappa shape index (κ3) is 2.66. The zero-order valence-electron chi connectivity index (χ0n) is 11.2. The number of hydrogen-bond donors (Lipinski definition) is 1. The highest BCUT2D eigenvalue weighted by Gasteiger charge is 2.28. The Labute approximate surface area is 109 Å². The van der Waals surface area contributed by atoms with Crippen LogP contribution < -0.4 is 5.73 Å². The van der Waals surface area contributed by atoms with Crippen LogP contribution in [0.25, 0.3) is 0 Å². The zero-order valence-corrected chi connectivity index (χ0v) is 11.2. The molecule has 1 aromatic rings. The van der Waals surface area contributed by atoms with Crippen LogP contribution in [-0.4, -0.2) is 22.9 Å². The van der Waals surface area contributed by atoms with Crippen molar-refractivity contribution in [1.82, 2.24) is 4.90 Å². The van der Waals surface area contributed by atoms with Crippen molar-refractivity contribution in [3.8, 4) is 0 Å². The summed E-state index contributed by atoms with van der Waals surface area (Å²) in [6.07, 6.45) is 3.86. The third-order valence-corrected chi connectivity index (χ3v) is 3.88. The van der Waals surface area contributed by atoms with Gasteiger partial charge in [0, 0.05) is 17.8 Å². The van der Waals surface area contributed by atoms with Gasteiger partial charge in [0.25, 0.3) is 0 Å². The predicted molar refractivity (Wildman–Crippen MR) is 74.2 cm³/mol. The number of hydrogen-bond acceptors (Lipinski definition) is 2. The predicted octanol–water partition coefficient (Wildman–Crippen LogP) is 2.60. The number of piperidine rings is 1. The maximum absolute atomic E-state index is 12.4. The molecule has 1 aromatic carbocycles. The van der Waals surface area contributed by atoms with Gasteiger partial charge in [-0.1, -0.05) is 18.2 Å². The molecule has 98 valence electrons. The van der Waals surface area contributed by atoms with Crippen molar-refractivity contribution >= 4 is 11.6 Å². The first-order valence-corrected chi connectivity index (χ1v) is 6.74. The van der Waals surface area contributed by atoms with Gasteiger partial charge < -0.3 is 10.6 Å². The molecule has 2 rings (SSSR count). The number of likely N-dealkylation sites (tertiary alicyclic amines) is 1. The average molecular weight is 246 g/mol. The molecule has 3 nitrogen and oxygen atoms in total. The standard InChI is InChI=1S/C15H22N2O/c1-11-6-5-7-12(2)17(11)15(18)10-13-8-3-4-9-14(13)16/h3-4,8-9,11-12H,5-7,10,16H2,1-2H3/t11-,12-/m0/s1. The van der Waals surface area contributed by atoms with Crippen molar-refractivity contribution in [3.63, 3.8) is 0 Å². The van der Waals surface area contributed by atoms with Crippen LogP contribution >= 0.6 is 0 Å². The van der Waals surface area contributed by atoms with E-state index in [4.69, 9.17) is 5.73 Å². The van der Waals surface area contributed by atoms with Crippen molar-refractivity contribution in [1.29, 1.82) is 0 Å². The molecule has 1 aliphatic heterocycles. The number of nitrogen functional groups attached to an aromatic ring is 1. The van der Waals surface area contributed by atoms with E-state index in [9.17, 15) is 4.79 Å². The van der Waals surface area contributed by atoms with Gasteiger partial charge in [-0.05, 0) is 44.7 Å². The quantitative estimate of drug-likeness (QED) is 0.815. The maximum atomic E-state index is 12.4. The minimum absolute atomic E-state index is 0.201. The first kappa shape index (κ1) is 12.9. The molecule has 1 fully saturated rings. The lowest BCUT2D eigenvalue weighted by molar-refractivity contribution is -0.136. The molecule has 2 N–H and O–H groups in total. The molecule has 1 aliphatic rings. The fraction of sp³-hybridized carbons (Fsp3) is 0.533. The minimum atomic E-state index is 0.201. The lowest BCUT2D eigenvalue weighted by Crippen LogP contribution is -2.48. The molecule has 0 unspecified atom stereocenters. The molecule has 2 atom stereocenters. The molecule has 1 heterocycles. The summed E-state index contributed by atoms with van der Waals surface area (Å²) in [7, 11) is 0. The highest BCUT2D eigenvalue weighted by Crippen LogP contribution is 2.24. The van der Waals surface area contributed by atoms with Crippen molar-refractivity contribution < 1.29 is 4.79 Å². The van der Waals surface area contributed by atoms with Crippen LogP contribution in [0.4, 0.5) is 5.69 Å². The molecule has 1 amide bonds. The molecule has 18 heavy (non-hydrogen) atoms. The topological polar surface area (TPSA) is 46.3 Å². The van der Waals surface area contributed by atoms with Crippen LogP contribution in [0.3, 0.4) is 0 Å². The van der Waals surface area contributed by atoms with Gasteiger partial charge in [0.15, 0.2) is 0 Å². The monoisotopic (exact) mass is 246 g/mol. The average Bonchev–Trinajstić information content (AvgIpc) is 2.32. The van der Waals surface area contributed by atoms with Crippen molar-refractivity contribution in [2.45, 2.75) is 51.6 Å². The van der Waals surface area contributed by atoms with E-state index in [1.807, 2.05) is 29.2 Å². The van der Waals surface area contributed by atoms with E-state index in [0.29, 0.717) is 24.2 Å². The Bertz CT molecular complexity index is 420. The first-order chi connectivity index (χ1) is 8.59. The Kier molecular flexibility index (Phi) is 3.90. The summed E-state index contributed by atoms with van der Waals surface area (Å²) in [6, 6.07) is 8.33. The van der Waals surface area contributed by atoms with E-state index in [1.165, 1.54) is 6.42 Å². The highest BCUT2D eigenvalue weighted by atomic mass is 16.2. The Balaban J connectivity index is 2.09. The highest BCUT2D eigenvalue weighted by molar-refractivity contribution is 5.81. The fourth-order valence-electron chi connectivity index (χ4n) is 2.86. The molecule has 1 saturated heterocycles. The van der Waals surface area contributed by atoms with Gasteiger partial charge in [-0.15, -0.1) is 0 Å². The molecule has 0 radical (unpaired) electrons. The first-order valence-electron chi connectivity index (χ1n) is 6.74. The number of para-hydroxylation sites is 1. The summed E-state index contributed by atoms with van der Waals surface area (Å²) >= 11 is 0. The lowest BCUT2D eigenvalue weighted by atomic mass is 9.96. The van der Waals surface area contributed by atoms with E-state index < -0.39 is 0 Å². The third-order valence-electron chi connectivity index (χ3n) is 3.88. The SMILES string of the molecule is C[C@H]1CCC[C@H](C)N1C(=O)Cc1ccccc1N. The number of anilines is 1. The van der Waals surface area contributed by atoms with Gasteiger partial charge in [0.1, 0.15) is 0 Å². The van der Waals surface area contributed by atoms with Gasteiger partial charge >= 0.3 is 0 Å². The van der Waals surface area contributed by atoms with Crippen molar-refractivity contribution in [3.05, 3.63) is 29.8 Å². The smallest absolute Gasteiger partial charge is 0.227 e. The second-order valence-electron chi connectivity index (χ2n) is 5.31. The number of nitrogens with zero attached hydrogens (tertiary/aromatic N) is 1. The Hall–Kier alpha value is -1.51. The van der Waals surface area contributed by atoms with E-state index in [0.717, 1.165) is 18.4 Å². The fourth-order valence-corrected chi connectivity index (χ4v) is 2.86. The largest absolute Gasteiger partial charge is 0.398 e. The zero-order chi connectivity index (χ0) is 13.1. The van der Waals surface area contributed by atoms with Crippen LogP contribution in [0.5, 0.6) is 0 Å². The molecule has 0 bridgehead atoms. The van der Waals surface area contributed by atoms with E-state index in [2.05, 4.69) is 13.8 Å². The van der Waals surface area contributed by atoms with Gasteiger partial charge in [-0.2, -0.15) is 0 Å². The van der Waals surface area contributed by atoms with Gasteiger partial charge in [-0.3, -0.25) is 4.79 Å². The number of amides is 1. The molecular weight excluding hydrogens is 224 g/mol. The lowest BCUT2D eigenvalue weighted by Gasteiger charge is -2.39. The van der Waals surface area contributed by atoms with E-state index in [-0.39, 0.29) is 5.91 Å². The molecular formula is C15H22N2O. The molecule has 0 aromatic heterocycles. The Morgan fingerprint density at radius 3 is 2.50 bits per heavy atom. The molecule has 0 spiro atoms. The second kappa shape index (κ2) is 5.42. The Morgan fingerprint density at radius 1 is 1.28 bits per heavy atom. The van der Waals surface area contributed by atoms with Gasteiger partial charge in [0.05, 0.1) is 6.42 Å². The van der Waals surface area contributed by atoms with Crippen molar-refractivity contribution in [2.24, 2.45) is 0 Å². The molecule has 0 saturated carbocycles. The van der Waals surface area contributed by atoms with Crippen LogP contribution in [0.15, 0.2) is 24.3 Å². The molecule has 0 aliphatic carbocycles. The van der Waals surface area contributed by atoms with Crippen LogP contribution in [0.2, 0.25) is 0 Å². The minimum Gasteiger partial charge on any atom is -0.398 e. The summed E-state index contributed by atoms with van der Waals surface area (Å²) in [5.41, 5.74) is 7.55. The number of rotatable bonds is 2. The number of benzene rings is 1. The van der Waals surface area contributed by atoms with E-state index in [1.54, 1.807) is 0 Å². The van der Waals surface area contributed by atoms with Crippen LogP contribution in [-0.2, 0) is 11.2 Å². The Morgan fingerprint density at radius 2 is 1.89 bits per heavy atom. The summed E-state index contributed by atoms with van der Waals surface area (Å²) in [5.74, 6) is 0.201. The summed E-state index contributed by atoms with van der Waals surface area (Å²) in [4.78, 5) is 14.4. The summed E-state index contributed by atoms with van der Waals surface area (Å²) < 4.78 is 0. The second-order valence-corrected chi connectivity index (χ2v) is 5.31. The van der Waals surface area contributed by atoms with Gasteiger partial charge in [0.2, 0.25) is 5.91 Å². The normalized spacial score (nSPS) is 24.0. The van der Waals surface area contributed by atoms with Crippen LogP contribution in [0, 0.1) is 0 Å². The summed E-state index contributed by atoms with van der Waals surface area (Å²) in [6.45, 7) is 4.28. The summed E-state index contributed by atoms with van der Waals surface area (Å²) in [5, 5.41) is 0. The van der Waals surface area contributed by atoms with Crippen LogP contribution in [0.1, 0.15) is 38.7 Å². The number of nitrogens with two attached hydrogens (primary N) is 1. The van der Waals surface area contributed by atoms with Crippen molar-refractivity contribution in [2.75, 3.05) is 5.73 Å². The van der Waals surface area contributed by atoms with E-state index >= 15 is 0 Å². The maximum Gasteiger partial charge on any atom is 0.227 e. The molecule has 3 heteroatoms. The number of carbonyl (C=O) groups is 1. The van der Waals surface area contributed by atoms with Gasteiger partial charge in [-0.25, -0.2) is 0 Å².